The molecule has 0 aromatic heterocycles. The van der Waals surface area contributed by atoms with Crippen LogP contribution in [-0.4, -0.2) is 76.9 Å². The third kappa shape index (κ3) is 10.3. The van der Waals surface area contributed by atoms with Crippen molar-refractivity contribution in [2.24, 2.45) is 5.92 Å². The summed E-state index contributed by atoms with van der Waals surface area (Å²) in [6, 6.07) is 4.23. The molecule has 34 heavy (non-hydrogen) atoms. The van der Waals surface area contributed by atoms with Crippen molar-refractivity contribution in [2.75, 3.05) is 20.1 Å². The zero-order valence-electron chi connectivity index (χ0n) is 20.0. The van der Waals surface area contributed by atoms with Crippen LogP contribution in [0.4, 0.5) is 0 Å². The van der Waals surface area contributed by atoms with Crippen molar-refractivity contribution in [3.8, 4) is 5.75 Å². The number of carbonyl (C=O) groups excluding carboxylic acids is 4. The van der Waals surface area contributed by atoms with Crippen molar-refractivity contribution in [1.29, 1.82) is 0 Å². The van der Waals surface area contributed by atoms with Crippen molar-refractivity contribution in [1.82, 2.24) is 20.9 Å². The molecule has 0 heterocycles. The second-order valence-corrected chi connectivity index (χ2v) is 8.43. The van der Waals surface area contributed by atoms with Gasteiger partial charge in [-0.3, -0.25) is 24.0 Å². The third-order valence-electron chi connectivity index (χ3n) is 4.96. The van der Waals surface area contributed by atoms with Gasteiger partial charge in [-0.2, -0.15) is 0 Å². The lowest BCUT2D eigenvalue weighted by atomic mass is 9.99. The molecule has 0 bridgehead atoms. The van der Waals surface area contributed by atoms with E-state index >= 15 is 0 Å². The van der Waals surface area contributed by atoms with E-state index in [9.17, 15) is 29.1 Å². The largest absolute Gasteiger partial charge is 0.508 e. The normalized spacial score (nSPS) is 12.4. The van der Waals surface area contributed by atoms with E-state index in [1.54, 1.807) is 12.1 Å². The number of aliphatic carboxylic acids is 1. The first-order valence-corrected chi connectivity index (χ1v) is 11.0. The minimum Gasteiger partial charge on any atom is -0.508 e. The molecule has 1 aromatic rings. The standard InChI is InChI=1S/C23H34N4O7/c1-14(2)11-18(26-20(30)13-25-15(3)28)23(34)27(4)19(22(33)24-10-9-21(31)32)12-16-5-7-17(29)8-6-16/h5-8,14,18-19,29H,9-13H2,1-4H3,(H,24,33)(H,25,28)(H,26,30)(H,31,32). The van der Waals surface area contributed by atoms with Crippen LogP contribution in [0.15, 0.2) is 24.3 Å². The molecule has 0 aliphatic heterocycles. The van der Waals surface area contributed by atoms with E-state index in [1.807, 2.05) is 13.8 Å². The number of phenolic OH excluding ortho intramolecular Hbond substituents is 1. The van der Waals surface area contributed by atoms with E-state index in [2.05, 4.69) is 16.0 Å². The fourth-order valence-electron chi connectivity index (χ4n) is 3.21. The molecule has 2 unspecified atom stereocenters. The Kier molecular flexibility index (Phi) is 11.5. The Morgan fingerprint density at radius 1 is 1.03 bits per heavy atom. The number of carbonyl (C=O) groups is 5. The first-order chi connectivity index (χ1) is 15.9. The Balaban J connectivity index is 3.09. The quantitative estimate of drug-likeness (QED) is 0.267. The number of carboxylic acid groups (broad SMARTS) is 1. The van der Waals surface area contributed by atoms with Crippen LogP contribution in [0.2, 0.25) is 0 Å². The highest BCUT2D eigenvalue weighted by Gasteiger charge is 2.32. The van der Waals surface area contributed by atoms with Gasteiger partial charge in [0, 0.05) is 26.9 Å². The maximum atomic E-state index is 13.3. The highest BCUT2D eigenvalue weighted by atomic mass is 16.4. The van der Waals surface area contributed by atoms with Crippen LogP contribution in [-0.2, 0) is 30.4 Å². The molecule has 188 valence electrons. The van der Waals surface area contributed by atoms with E-state index < -0.39 is 35.8 Å². The summed E-state index contributed by atoms with van der Waals surface area (Å²) in [6.45, 7) is 4.65. The molecule has 1 aromatic carbocycles. The number of benzene rings is 1. The van der Waals surface area contributed by atoms with Gasteiger partial charge in [0.25, 0.3) is 0 Å². The average Bonchev–Trinajstić information content (AvgIpc) is 2.75. The molecule has 11 nitrogen and oxygen atoms in total. The van der Waals surface area contributed by atoms with Gasteiger partial charge in [0.15, 0.2) is 0 Å². The van der Waals surface area contributed by atoms with Gasteiger partial charge in [-0.25, -0.2) is 0 Å². The molecule has 5 N–H and O–H groups in total. The second-order valence-electron chi connectivity index (χ2n) is 8.43. The Morgan fingerprint density at radius 2 is 1.65 bits per heavy atom. The summed E-state index contributed by atoms with van der Waals surface area (Å²) in [4.78, 5) is 61.6. The summed E-state index contributed by atoms with van der Waals surface area (Å²) >= 11 is 0. The van der Waals surface area contributed by atoms with E-state index in [-0.39, 0.29) is 43.5 Å². The van der Waals surface area contributed by atoms with E-state index in [0.717, 1.165) is 0 Å². The smallest absolute Gasteiger partial charge is 0.305 e. The molecule has 0 saturated carbocycles. The number of carboxylic acids is 1. The molecule has 0 saturated heterocycles. The first kappa shape index (κ1) is 28.4. The lowest BCUT2D eigenvalue weighted by Gasteiger charge is -2.31. The number of amides is 4. The Bertz CT molecular complexity index is 871. The van der Waals surface area contributed by atoms with E-state index in [0.29, 0.717) is 12.0 Å². The monoisotopic (exact) mass is 478 g/mol. The van der Waals surface area contributed by atoms with Gasteiger partial charge in [0.1, 0.15) is 17.8 Å². The molecule has 4 amide bonds. The summed E-state index contributed by atoms with van der Waals surface area (Å²) in [5, 5.41) is 25.9. The minimum atomic E-state index is -1.07. The van der Waals surface area contributed by atoms with Crippen molar-refractivity contribution in [3.63, 3.8) is 0 Å². The lowest BCUT2D eigenvalue weighted by molar-refractivity contribution is -0.142. The third-order valence-corrected chi connectivity index (χ3v) is 4.96. The van der Waals surface area contributed by atoms with Crippen molar-refractivity contribution < 1.29 is 34.2 Å². The Labute approximate surface area is 198 Å². The molecule has 2 atom stereocenters. The fourth-order valence-corrected chi connectivity index (χ4v) is 3.21. The van der Waals surface area contributed by atoms with Crippen LogP contribution < -0.4 is 16.0 Å². The van der Waals surface area contributed by atoms with Gasteiger partial charge in [-0.1, -0.05) is 26.0 Å². The highest BCUT2D eigenvalue weighted by molar-refractivity contribution is 5.93. The van der Waals surface area contributed by atoms with Crippen molar-refractivity contribution >= 4 is 29.6 Å². The summed E-state index contributed by atoms with van der Waals surface area (Å²) in [5.41, 5.74) is 0.672. The predicted octanol–water partition coefficient (Wildman–Crippen LogP) is 0.0196. The average molecular weight is 479 g/mol. The maximum absolute atomic E-state index is 13.3. The van der Waals surface area contributed by atoms with Gasteiger partial charge >= 0.3 is 5.97 Å². The maximum Gasteiger partial charge on any atom is 0.305 e. The fraction of sp³-hybridized carbons (Fsp3) is 0.522. The van der Waals surface area contributed by atoms with E-state index in [4.69, 9.17) is 5.11 Å². The van der Waals surface area contributed by atoms with Crippen LogP contribution in [0.1, 0.15) is 39.2 Å². The number of hydrogen-bond acceptors (Lipinski definition) is 6. The zero-order chi connectivity index (χ0) is 25.8. The molecule has 0 spiro atoms. The number of likely N-dealkylation sites (N-methyl/N-ethyl adjacent to an activating group) is 1. The number of aromatic hydroxyl groups is 1. The van der Waals surface area contributed by atoms with Crippen LogP contribution >= 0.6 is 0 Å². The molecule has 0 radical (unpaired) electrons. The molecule has 0 fully saturated rings. The van der Waals surface area contributed by atoms with Gasteiger partial charge in [0.05, 0.1) is 13.0 Å². The number of rotatable bonds is 13. The summed E-state index contributed by atoms with van der Waals surface area (Å²) in [7, 11) is 1.44. The molecule has 11 heteroatoms. The van der Waals surface area contributed by atoms with Crippen molar-refractivity contribution in [2.45, 2.75) is 52.1 Å². The van der Waals surface area contributed by atoms with Gasteiger partial charge in [-0.05, 0) is 30.0 Å². The predicted molar refractivity (Wildman–Crippen MR) is 124 cm³/mol. The molecular weight excluding hydrogens is 444 g/mol. The van der Waals surface area contributed by atoms with Crippen molar-refractivity contribution in [3.05, 3.63) is 29.8 Å². The molecular formula is C23H34N4O7. The van der Waals surface area contributed by atoms with Crippen LogP contribution in [0.3, 0.4) is 0 Å². The Hall–Kier alpha value is -3.63. The number of nitrogens with zero attached hydrogens (tertiary/aromatic N) is 1. The zero-order valence-corrected chi connectivity index (χ0v) is 20.0. The number of phenols is 1. The van der Waals surface area contributed by atoms with E-state index in [1.165, 1.54) is 31.0 Å². The molecule has 0 aliphatic rings. The van der Waals surface area contributed by atoms with Crippen LogP contribution in [0.25, 0.3) is 0 Å². The second kappa shape index (κ2) is 13.8. The van der Waals surface area contributed by atoms with Gasteiger partial charge < -0.3 is 31.1 Å². The lowest BCUT2D eigenvalue weighted by Crippen LogP contribution is -2.56. The Morgan fingerprint density at radius 3 is 2.18 bits per heavy atom. The first-order valence-electron chi connectivity index (χ1n) is 11.0. The summed E-state index contributed by atoms with van der Waals surface area (Å²) in [5.74, 6) is -2.94. The summed E-state index contributed by atoms with van der Waals surface area (Å²) in [6.07, 6.45) is 0.141. The van der Waals surface area contributed by atoms with Crippen LogP contribution in [0.5, 0.6) is 5.75 Å². The topological polar surface area (TPSA) is 165 Å². The molecule has 1 rings (SSSR count). The van der Waals surface area contributed by atoms with Crippen LogP contribution in [0, 0.1) is 5.92 Å². The minimum absolute atomic E-state index is 0.0448. The number of hydrogen-bond donors (Lipinski definition) is 5. The highest BCUT2D eigenvalue weighted by Crippen LogP contribution is 2.16. The van der Waals surface area contributed by atoms with Gasteiger partial charge in [-0.15, -0.1) is 0 Å². The SMILES string of the molecule is CC(=O)NCC(=O)NC(CC(C)C)C(=O)N(C)C(Cc1ccc(O)cc1)C(=O)NCCC(=O)O. The number of nitrogens with one attached hydrogen (secondary N) is 3. The summed E-state index contributed by atoms with van der Waals surface area (Å²) < 4.78 is 0. The van der Waals surface area contributed by atoms with Gasteiger partial charge in [0.2, 0.25) is 23.6 Å². The molecule has 0 aliphatic carbocycles.